The van der Waals surface area contributed by atoms with Gasteiger partial charge in [-0.25, -0.2) is 4.79 Å². The van der Waals surface area contributed by atoms with E-state index in [-0.39, 0.29) is 6.09 Å². The van der Waals surface area contributed by atoms with Crippen molar-refractivity contribution < 1.29 is 9.53 Å². The fourth-order valence-electron chi connectivity index (χ4n) is 2.68. The van der Waals surface area contributed by atoms with Crippen LogP contribution < -0.4 is 0 Å². The second kappa shape index (κ2) is 9.88. The molecule has 3 nitrogen and oxygen atoms in total. The van der Waals surface area contributed by atoms with E-state index in [1.807, 2.05) is 4.90 Å². The van der Waals surface area contributed by atoms with Crippen molar-refractivity contribution in [2.24, 2.45) is 0 Å². The van der Waals surface area contributed by atoms with Crippen molar-refractivity contribution in [3.05, 3.63) is 12.7 Å². The summed E-state index contributed by atoms with van der Waals surface area (Å²) in [5.74, 6) is 0. The van der Waals surface area contributed by atoms with E-state index in [0.717, 1.165) is 25.7 Å². The van der Waals surface area contributed by atoms with E-state index in [2.05, 4.69) is 13.5 Å². The van der Waals surface area contributed by atoms with Gasteiger partial charge in [0, 0.05) is 12.6 Å². The Kier molecular flexibility index (Phi) is 8.35. The van der Waals surface area contributed by atoms with Crippen LogP contribution in [0.25, 0.3) is 0 Å². The predicted molar refractivity (Wildman–Crippen MR) is 79.3 cm³/mol. The van der Waals surface area contributed by atoms with Crippen LogP contribution >= 0.6 is 0 Å². The molecule has 0 saturated heterocycles. The Labute approximate surface area is 118 Å². The first-order valence-electron chi connectivity index (χ1n) is 7.84. The molecule has 0 bridgehead atoms. The molecule has 0 aromatic heterocycles. The van der Waals surface area contributed by atoms with Crippen molar-refractivity contribution in [1.82, 2.24) is 4.90 Å². The summed E-state index contributed by atoms with van der Waals surface area (Å²) < 4.78 is 5.40. The number of unbranched alkanes of at least 4 members (excludes halogenated alkanes) is 3. The SMILES string of the molecule is C=CCN(C(=O)OCCCCCC)C1CCCCC1. The van der Waals surface area contributed by atoms with Gasteiger partial charge >= 0.3 is 6.09 Å². The van der Waals surface area contributed by atoms with Crippen LogP contribution in [0.1, 0.15) is 64.7 Å². The van der Waals surface area contributed by atoms with Gasteiger partial charge in [0.15, 0.2) is 0 Å². The Morgan fingerprint density at radius 1 is 1.26 bits per heavy atom. The molecule has 110 valence electrons. The molecule has 0 heterocycles. The Balaban J connectivity index is 2.32. The molecule has 1 rings (SSSR count). The van der Waals surface area contributed by atoms with Crippen molar-refractivity contribution in [2.75, 3.05) is 13.2 Å². The molecule has 0 atom stereocenters. The van der Waals surface area contributed by atoms with Gasteiger partial charge in [0.2, 0.25) is 0 Å². The number of amides is 1. The van der Waals surface area contributed by atoms with Gasteiger partial charge in [-0.05, 0) is 19.3 Å². The summed E-state index contributed by atoms with van der Waals surface area (Å²) in [6.07, 6.45) is 12.2. The van der Waals surface area contributed by atoms with E-state index >= 15 is 0 Å². The number of hydrogen-bond donors (Lipinski definition) is 0. The average Bonchev–Trinajstić information content (AvgIpc) is 2.45. The Morgan fingerprint density at radius 2 is 2.00 bits per heavy atom. The van der Waals surface area contributed by atoms with Crippen LogP contribution in [0.2, 0.25) is 0 Å². The average molecular weight is 267 g/mol. The van der Waals surface area contributed by atoms with Crippen molar-refractivity contribution in [3.8, 4) is 0 Å². The zero-order chi connectivity index (χ0) is 13.9. The minimum atomic E-state index is -0.150. The second-order valence-corrected chi connectivity index (χ2v) is 5.41. The first kappa shape index (κ1) is 16.1. The van der Waals surface area contributed by atoms with Gasteiger partial charge in [0.25, 0.3) is 0 Å². The van der Waals surface area contributed by atoms with Crippen molar-refractivity contribution >= 4 is 6.09 Å². The minimum Gasteiger partial charge on any atom is -0.449 e. The number of ether oxygens (including phenoxy) is 1. The maximum absolute atomic E-state index is 12.1. The van der Waals surface area contributed by atoms with Gasteiger partial charge in [-0.1, -0.05) is 51.5 Å². The third-order valence-electron chi connectivity index (χ3n) is 3.80. The van der Waals surface area contributed by atoms with Crippen LogP contribution in [0, 0.1) is 0 Å². The zero-order valence-electron chi connectivity index (χ0n) is 12.4. The first-order chi connectivity index (χ1) is 9.29. The lowest BCUT2D eigenvalue weighted by Gasteiger charge is -2.32. The molecule has 1 aliphatic rings. The van der Waals surface area contributed by atoms with Gasteiger partial charge in [0.05, 0.1) is 6.61 Å². The van der Waals surface area contributed by atoms with Crippen LogP contribution in [-0.2, 0) is 4.74 Å². The van der Waals surface area contributed by atoms with Crippen molar-refractivity contribution in [1.29, 1.82) is 0 Å². The fraction of sp³-hybridized carbons (Fsp3) is 0.812. The van der Waals surface area contributed by atoms with Crippen LogP contribution in [0.5, 0.6) is 0 Å². The quantitative estimate of drug-likeness (QED) is 0.478. The second-order valence-electron chi connectivity index (χ2n) is 5.41. The molecule has 0 aromatic carbocycles. The van der Waals surface area contributed by atoms with E-state index in [0.29, 0.717) is 19.2 Å². The highest BCUT2D eigenvalue weighted by Gasteiger charge is 2.25. The number of carbonyl (C=O) groups excluding carboxylic acids is 1. The monoisotopic (exact) mass is 267 g/mol. The summed E-state index contributed by atoms with van der Waals surface area (Å²) in [5.41, 5.74) is 0. The lowest BCUT2D eigenvalue weighted by atomic mass is 9.94. The van der Waals surface area contributed by atoms with Crippen LogP contribution in [-0.4, -0.2) is 30.2 Å². The van der Waals surface area contributed by atoms with Gasteiger partial charge < -0.3 is 9.64 Å². The molecule has 1 aliphatic carbocycles. The number of hydrogen-bond acceptors (Lipinski definition) is 2. The van der Waals surface area contributed by atoms with E-state index in [9.17, 15) is 4.79 Å². The normalized spacial score (nSPS) is 16.1. The summed E-state index contributed by atoms with van der Waals surface area (Å²) >= 11 is 0. The zero-order valence-corrected chi connectivity index (χ0v) is 12.4. The van der Waals surface area contributed by atoms with Crippen molar-refractivity contribution in [2.45, 2.75) is 70.8 Å². The summed E-state index contributed by atoms with van der Waals surface area (Å²) in [6, 6.07) is 0.356. The summed E-state index contributed by atoms with van der Waals surface area (Å²) in [6.45, 7) is 7.09. The largest absolute Gasteiger partial charge is 0.449 e. The molecule has 0 unspecified atom stereocenters. The van der Waals surface area contributed by atoms with E-state index in [1.54, 1.807) is 6.08 Å². The lowest BCUT2D eigenvalue weighted by Crippen LogP contribution is -2.42. The molecule has 3 heteroatoms. The highest BCUT2D eigenvalue weighted by atomic mass is 16.6. The fourth-order valence-corrected chi connectivity index (χ4v) is 2.68. The number of nitrogens with zero attached hydrogens (tertiary/aromatic N) is 1. The van der Waals surface area contributed by atoms with Crippen LogP contribution in [0.4, 0.5) is 4.79 Å². The Bertz CT molecular complexity index is 259. The van der Waals surface area contributed by atoms with Crippen LogP contribution in [0.3, 0.4) is 0 Å². The smallest absolute Gasteiger partial charge is 0.410 e. The highest BCUT2D eigenvalue weighted by Crippen LogP contribution is 2.23. The van der Waals surface area contributed by atoms with Gasteiger partial charge in [-0.2, -0.15) is 0 Å². The summed E-state index contributed by atoms with van der Waals surface area (Å²) in [7, 11) is 0. The molecule has 0 radical (unpaired) electrons. The molecule has 0 aromatic rings. The first-order valence-corrected chi connectivity index (χ1v) is 7.84. The van der Waals surface area contributed by atoms with Gasteiger partial charge in [0.1, 0.15) is 0 Å². The summed E-state index contributed by atoms with van der Waals surface area (Å²) in [4.78, 5) is 14.0. The number of rotatable bonds is 8. The Morgan fingerprint density at radius 3 is 2.63 bits per heavy atom. The Hall–Kier alpha value is -0.990. The molecule has 19 heavy (non-hydrogen) atoms. The molecular formula is C16H29NO2. The highest BCUT2D eigenvalue weighted by molar-refractivity contribution is 5.68. The molecule has 0 spiro atoms. The third-order valence-corrected chi connectivity index (χ3v) is 3.80. The standard InChI is InChI=1S/C16H29NO2/c1-3-5-6-10-14-19-16(18)17(13-4-2)15-11-8-7-9-12-15/h4,15H,2-3,5-14H2,1H3. The van der Waals surface area contributed by atoms with Crippen molar-refractivity contribution in [3.63, 3.8) is 0 Å². The lowest BCUT2D eigenvalue weighted by molar-refractivity contribution is 0.0811. The molecular weight excluding hydrogens is 238 g/mol. The predicted octanol–water partition coefficient (Wildman–Crippen LogP) is 4.52. The van der Waals surface area contributed by atoms with Crippen LogP contribution in [0.15, 0.2) is 12.7 Å². The number of carbonyl (C=O) groups is 1. The molecule has 0 aliphatic heterocycles. The summed E-state index contributed by atoms with van der Waals surface area (Å²) in [5, 5.41) is 0. The topological polar surface area (TPSA) is 29.5 Å². The maximum atomic E-state index is 12.1. The maximum Gasteiger partial charge on any atom is 0.410 e. The van der Waals surface area contributed by atoms with E-state index < -0.39 is 0 Å². The van der Waals surface area contributed by atoms with E-state index in [4.69, 9.17) is 4.74 Å². The van der Waals surface area contributed by atoms with E-state index in [1.165, 1.54) is 32.1 Å². The van der Waals surface area contributed by atoms with Gasteiger partial charge in [-0.15, -0.1) is 6.58 Å². The molecule has 1 amide bonds. The molecule has 0 N–H and O–H groups in total. The molecule has 1 saturated carbocycles. The molecule has 1 fully saturated rings. The minimum absolute atomic E-state index is 0.150. The third kappa shape index (κ3) is 6.13. The van der Waals surface area contributed by atoms with Gasteiger partial charge in [-0.3, -0.25) is 0 Å².